The lowest BCUT2D eigenvalue weighted by Crippen LogP contribution is -2.28. The molecule has 1 aromatic carbocycles. The number of benzene rings is 1. The van der Waals surface area contributed by atoms with Crippen LogP contribution in [-0.2, 0) is 4.79 Å². The molecule has 0 aromatic heterocycles. The third kappa shape index (κ3) is 5.21. The second-order valence-electron chi connectivity index (χ2n) is 6.91. The predicted molar refractivity (Wildman–Crippen MR) is 97.2 cm³/mol. The first kappa shape index (κ1) is 18.7. The zero-order chi connectivity index (χ0) is 17.7. The predicted octanol–water partition coefficient (Wildman–Crippen LogP) is 3.18. The minimum atomic E-state index is -0.205. The van der Waals surface area contributed by atoms with Gasteiger partial charge in [0.25, 0.3) is 5.91 Å². The maximum atomic E-state index is 12.1. The molecule has 1 saturated carbocycles. The minimum absolute atomic E-state index is 0.0644. The van der Waals surface area contributed by atoms with Gasteiger partial charge in [0.15, 0.2) is 0 Å². The fourth-order valence-electron chi connectivity index (χ4n) is 2.94. The molecule has 2 rings (SSSR count). The summed E-state index contributed by atoms with van der Waals surface area (Å²) in [6.07, 6.45) is 3.51. The smallest absolute Gasteiger partial charge is 0.252 e. The molecule has 0 heterocycles. The van der Waals surface area contributed by atoms with E-state index in [0.29, 0.717) is 35.2 Å². The molecule has 0 spiro atoms. The largest absolute Gasteiger partial charge is 0.352 e. The van der Waals surface area contributed by atoms with Crippen molar-refractivity contribution >= 4 is 29.1 Å². The van der Waals surface area contributed by atoms with Crippen molar-refractivity contribution in [2.75, 3.05) is 11.9 Å². The van der Waals surface area contributed by atoms with Crippen LogP contribution in [-0.4, -0.2) is 24.4 Å². The van der Waals surface area contributed by atoms with Crippen molar-refractivity contribution < 1.29 is 9.59 Å². The molecule has 2 amide bonds. The van der Waals surface area contributed by atoms with Crippen molar-refractivity contribution in [3.8, 4) is 0 Å². The van der Waals surface area contributed by atoms with Crippen LogP contribution in [0.1, 0.15) is 49.9 Å². The summed E-state index contributed by atoms with van der Waals surface area (Å²) in [6.45, 7) is 4.64. The van der Waals surface area contributed by atoms with Crippen LogP contribution in [0, 0.1) is 11.8 Å². The average Bonchev–Trinajstić information content (AvgIpc) is 2.90. The average molecular weight is 352 g/mol. The summed E-state index contributed by atoms with van der Waals surface area (Å²) in [5.74, 6) is 0.351. The van der Waals surface area contributed by atoms with Crippen LogP contribution in [0.2, 0.25) is 5.02 Å². The van der Waals surface area contributed by atoms with Crippen LogP contribution in [0.5, 0.6) is 0 Å². The molecule has 5 nitrogen and oxygen atoms in total. The Balaban J connectivity index is 1.93. The highest BCUT2D eigenvalue weighted by molar-refractivity contribution is 6.34. The molecule has 24 heavy (non-hydrogen) atoms. The van der Waals surface area contributed by atoms with Gasteiger partial charge < -0.3 is 16.4 Å². The van der Waals surface area contributed by atoms with Crippen molar-refractivity contribution in [2.45, 2.75) is 45.6 Å². The van der Waals surface area contributed by atoms with Crippen LogP contribution in [0.4, 0.5) is 5.69 Å². The van der Waals surface area contributed by atoms with Crippen molar-refractivity contribution in [2.24, 2.45) is 17.6 Å². The second kappa shape index (κ2) is 8.49. The van der Waals surface area contributed by atoms with Gasteiger partial charge in [-0.3, -0.25) is 9.59 Å². The molecule has 132 valence electrons. The topological polar surface area (TPSA) is 84.2 Å². The number of rotatable bonds is 6. The third-order valence-electron chi connectivity index (χ3n) is 4.33. The highest BCUT2D eigenvalue weighted by atomic mass is 35.5. The first-order chi connectivity index (χ1) is 11.4. The zero-order valence-corrected chi connectivity index (χ0v) is 15.0. The highest BCUT2D eigenvalue weighted by Crippen LogP contribution is 2.27. The number of hydrogen-bond donors (Lipinski definition) is 3. The Morgan fingerprint density at radius 1 is 1.33 bits per heavy atom. The second-order valence-corrected chi connectivity index (χ2v) is 7.31. The summed E-state index contributed by atoms with van der Waals surface area (Å²) in [5.41, 5.74) is 7.01. The Bertz CT molecular complexity index is 604. The van der Waals surface area contributed by atoms with Gasteiger partial charge in [-0.2, -0.15) is 0 Å². The van der Waals surface area contributed by atoms with Crippen LogP contribution in [0.25, 0.3) is 0 Å². The van der Waals surface area contributed by atoms with E-state index >= 15 is 0 Å². The molecule has 1 aromatic rings. The van der Waals surface area contributed by atoms with Gasteiger partial charge in [0.2, 0.25) is 5.91 Å². The number of carbonyl (C=O) groups is 2. The minimum Gasteiger partial charge on any atom is -0.352 e. The Kier molecular flexibility index (Phi) is 6.63. The monoisotopic (exact) mass is 351 g/mol. The van der Waals surface area contributed by atoms with E-state index in [0.717, 1.165) is 19.3 Å². The fraction of sp³-hybridized carbons (Fsp3) is 0.556. The summed E-state index contributed by atoms with van der Waals surface area (Å²) in [4.78, 5) is 24.2. The SMILES string of the molecule is CC(C)CNC(=O)c1ccc(NC(=O)C[C@@H]2CCC[C@H]2N)cc1Cl. The summed E-state index contributed by atoms with van der Waals surface area (Å²) in [6, 6.07) is 5.06. The third-order valence-corrected chi connectivity index (χ3v) is 4.65. The molecule has 0 aliphatic heterocycles. The Labute approximate surface area is 148 Å². The van der Waals surface area contributed by atoms with E-state index in [1.807, 2.05) is 13.8 Å². The molecule has 0 saturated heterocycles. The molecule has 4 N–H and O–H groups in total. The summed E-state index contributed by atoms with van der Waals surface area (Å²) >= 11 is 6.18. The number of halogens is 1. The molecule has 2 atom stereocenters. The quantitative estimate of drug-likeness (QED) is 0.735. The van der Waals surface area contributed by atoms with Crippen molar-refractivity contribution in [1.82, 2.24) is 5.32 Å². The summed E-state index contributed by atoms with van der Waals surface area (Å²) in [5, 5.41) is 5.99. The maximum Gasteiger partial charge on any atom is 0.252 e. The lowest BCUT2D eigenvalue weighted by atomic mass is 10.00. The Hall–Kier alpha value is -1.59. The van der Waals surface area contributed by atoms with Crippen LogP contribution < -0.4 is 16.4 Å². The first-order valence-corrected chi connectivity index (χ1v) is 8.87. The zero-order valence-electron chi connectivity index (χ0n) is 14.3. The molecule has 0 radical (unpaired) electrons. The molecule has 6 heteroatoms. The molecule has 0 unspecified atom stereocenters. The van der Waals surface area contributed by atoms with Gasteiger partial charge >= 0.3 is 0 Å². The Morgan fingerprint density at radius 3 is 2.67 bits per heavy atom. The molecule has 0 bridgehead atoms. The molecule has 1 fully saturated rings. The van der Waals surface area contributed by atoms with Gasteiger partial charge in [-0.25, -0.2) is 0 Å². The highest BCUT2D eigenvalue weighted by Gasteiger charge is 2.26. The lowest BCUT2D eigenvalue weighted by Gasteiger charge is -2.15. The molecular weight excluding hydrogens is 326 g/mol. The summed E-state index contributed by atoms with van der Waals surface area (Å²) < 4.78 is 0. The van der Waals surface area contributed by atoms with Crippen LogP contribution in [0.15, 0.2) is 18.2 Å². The fourth-order valence-corrected chi connectivity index (χ4v) is 3.20. The maximum absolute atomic E-state index is 12.1. The number of anilines is 1. The molecule has 1 aliphatic carbocycles. The van der Waals surface area contributed by atoms with Gasteiger partial charge in [0.1, 0.15) is 0 Å². The van der Waals surface area contributed by atoms with E-state index in [4.69, 9.17) is 17.3 Å². The number of carbonyl (C=O) groups excluding carboxylic acids is 2. The van der Waals surface area contributed by atoms with Crippen molar-refractivity contribution in [3.05, 3.63) is 28.8 Å². The van der Waals surface area contributed by atoms with E-state index < -0.39 is 0 Å². The van der Waals surface area contributed by atoms with E-state index in [1.165, 1.54) is 0 Å². The number of nitrogens with one attached hydrogen (secondary N) is 2. The van der Waals surface area contributed by atoms with Gasteiger partial charge in [0, 0.05) is 24.7 Å². The number of amides is 2. The van der Waals surface area contributed by atoms with Crippen LogP contribution >= 0.6 is 11.6 Å². The van der Waals surface area contributed by atoms with E-state index in [9.17, 15) is 9.59 Å². The molecular formula is C18H26ClN3O2. The van der Waals surface area contributed by atoms with Crippen LogP contribution in [0.3, 0.4) is 0 Å². The van der Waals surface area contributed by atoms with Gasteiger partial charge in [-0.15, -0.1) is 0 Å². The van der Waals surface area contributed by atoms with Gasteiger partial charge in [0.05, 0.1) is 10.6 Å². The first-order valence-electron chi connectivity index (χ1n) is 8.50. The lowest BCUT2D eigenvalue weighted by molar-refractivity contribution is -0.117. The Morgan fingerprint density at radius 2 is 2.08 bits per heavy atom. The number of nitrogens with two attached hydrogens (primary N) is 1. The van der Waals surface area contributed by atoms with E-state index in [1.54, 1.807) is 18.2 Å². The van der Waals surface area contributed by atoms with Gasteiger partial charge in [-0.05, 0) is 42.9 Å². The number of hydrogen-bond acceptors (Lipinski definition) is 3. The van der Waals surface area contributed by atoms with E-state index in [2.05, 4.69) is 10.6 Å². The van der Waals surface area contributed by atoms with Crippen molar-refractivity contribution in [1.29, 1.82) is 0 Å². The summed E-state index contributed by atoms with van der Waals surface area (Å²) in [7, 11) is 0. The normalized spacial score (nSPS) is 20.2. The van der Waals surface area contributed by atoms with E-state index in [-0.39, 0.29) is 23.8 Å². The standard InChI is InChI=1S/C18H26ClN3O2/c1-11(2)10-21-18(24)14-7-6-13(9-15(14)19)22-17(23)8-12-4-3-5-16(12)20/h6-7,9,11-12,16H,3-5,8,10,20H2,1-2H3,(H,21,24)(H,22,23)/t12-,16+/m0/s1. The molecule has 1 aliphatic rings. The van der Waals surface area contributed by atoms with Crippen molar-refractivity contribution in [3.63, 3.8) is 0 Å². The van der Waals surface area contributed by atoms with Gasteiger partial charge in [-0.1, -0.05) is 31.9 Å².